The largest absolute Gasteiger partial charge is 0.416 e. The number of hydrogen-bond acceptors (Lipinski definition) is 8. The molecule has 8 nitrogen and oxygen atoms in total. The molecule has 0 atom stereocenters. The number of anilines is 3. The molecular formula is C11H8F3N7O. The van der Waals surface area contributed by atoms with E-state index in [1.807, 2.05) is 0 Å². The first-order chi connectivity index (χ1) is 10.5. The first-order valence-electron chi connectivity index (χ1n) is 5.88. The second-order valence-electron chi connectivity index (χ2n) is 4.18. The van der Waals surface area contributed by atoms with Crippen LogP contribution in [0.2, 0.25) is 0 Å². The van der Waals surface area contributed by atoms with Crippen LogP contribution in [0.3, 0.4) is 0 Å². The summed E-state index contributed by atoms with van der Waals surface area (Å²) in [5.41, 5.74) is 1.85. The number of nitrogen functional groups attached to an aromatic ring is 1. The van der Waals surface area contributed by atoms with Gasteiger partial charge >= 0.3 is 6.18 Å². The first kappa shape index (κ1) is 14.0. The maximum absolute atomic E-state index is 12.7. The Morgan fingerprint density at radius 3 is 2.36 bits per heavy atom. The minimum atomic E-state index is -4.45. The summed E-state index contributed by atoms with van der Waals surface area (Å²) < 4.78 is 42.6. The quantitative estimate of drug-likeness (QED) is 0.497. The van der Waals surface area contributed by atoms with E-state index in [1.54, 1.807) is 0 Å². The first-order valence-corrected chi connectivity index (χ1v) is 5.88. The Bertz CT molecular complexity index is 817. The number of hydrogen-bond donors (Lipinski definition) is 3. The molecule has 1 aromatic carbocycles. The lowest BCUT2D eigenvalue weighted by Gasteiger charge is -2.11. The molecule has 0 fully saturated rings. The van der Waals surface area contributed by atoms with E-state index in [0.29, 0.717) is 0 Å². The Morgan fingerprint density at radius 1 is 1.05 bits per heavy atom. The smallest absolute Gasteiger partial charge is 0.337 e. The SMILES string of the molecule is NNc1nc2nonc2nc1Nc1cccc(C(F)(F)F)c1. The van der Waals surface area contributed by atoms with Crippen molar-refractivity contribution < 1.29 is 17.8 Å². The third-order valence-corrected chi connectivity index (χ3v) is 2.70. The standard InChI is InChI=1S/C11H8F3N7O/c12-11(13,14)5-2-1-3-6(4-5)16-7-8(19-15)18-10-9(17-7)20-22-21-10/h1-4H,15H2,(H,16,17,20)(H,18,19,21). The average Bonchev–Trinajstić information content (AvgIpc) is 2.93. The molecule has 4 N–H and O–H groups in total. The van der Waals surface area contributed by atoms with Crippen molar-refractivity contribution in [3.63, 3.8) is 0 Å². The number of nitrogens with two attached hydrogens (primary N) is 1. The highest BCUT2D eigenvalue weighted by Gasteiger charge is 2.30. The van der Waals surface area contributed by atoms with Gasteiger partial charge < -0.3 is 10.7 Å². The molecule has 2 aromatic heterocycles. The predicted octanol–water partition coefficient (Wildman–Crippen LogP) is 2.06. The van der Waals surface area contributed by atoms with E-state index >= 15 is 0 Å². The van der Waals surface area contributed by atoms with Crippen LogP contribution in [-0.4, -0.2) is 20.3 Å². The Kier molecular flexibility index (Phi) is 3.25. The van der Waals surface area contributed by atoms with Gasteiger partial charge in [0.2, 0.25) is 11.3 Å². The summed E-state index contributed by atoms with van der Waals surface area (Å²) in [4.78, 5) is 8.00. The number of aromatic nitrogens is 4. The van der Waals surface area contributed by atoms with Gasteiger partial charge in [0.25, 0.3) is 0 Å². The van der Waals surface area contributed by atoms with Crippen molar-refractivity contribution in [2.75, 3.05) is 10.7 Å². The van der Waals surface area contributed by atoms with E-state index in [4.69, 9.17) is 5.84 Å². The van der Waals surface area contributed by atoms with Gasteiger partial charge in [-0.2, -0.15) is 18.2 Å². The number of rotatable bonds is 3. The minimum absolute atomic E-state index is 0.0839. The van der Waals surface area contributed by atoms with Gasteiger partial charge in [-0.15, -0.1) is 0 Å². The maximum Gasteiger partial charge on any atom is 0.416 e. The van der Waals surface area contributed by atoms with Crippen LogP contribution < -0.4 is 16.6 Å². The van der Waals surface area contributed by atoms with Crippen LogP contribution in [0.1, 0.15) is 5.56 Å². The average molecular weight is 311 g/mol. The summed E-state index contributed by atoms with van der Waals surface area (Å²) in [7, 11) is 0. The molecule has 2 heterocycles. The Morgan fingerprint density at radius 2 is 1.73 bits per heavy atom. The normalized spacial score (nSPS) is 11.6. The molecule has 0 aliphatic heterocycles. The van der Waals surface area contributed by atoms with Gasteiger partial charge in [-0.25, -0.2) is 15.5 Å². The van der Waals surface area contributed by atoms with E-state index in [2.05, 4.69) is 35.7 Å². The number of nitrogens with zero attached hydrogens (tertiary/aromatic N) is 4. The molecule has 3 rings (SSSR count). The van der Waals surface area contributed by atoms with Crippen LogP contribution in [0.15, 0.2) is 28.9 Å². The molecule has 11 heteroatoms. The molecule has 0 amide bonds. The molecule has 0 spiro atoms. The lowest BCUT2D eigenvalue weighted by Crippen LogP contribution is -2.12. The minimum Gasteiger partial charge on any atom is -0.337 e. The van der Waals surface area contributed by atoms with Gasteiger partial charge in [0.1, 0.15) is 0 Å². The zero-order chi connectivity index (χ0) is 15.7. The van der Waals surface area contributed by atoms with Crippen LogP contribution in [0.25, 0.3) is 11.3 Å². The third kappa shape index (κ3) is 2.61. The molecule has 0 aliphatic carbocycles. The predicted molar refractivity (Wildman–Crippen MR) is 69.9 cm³/mol. The highest BCUT2D eigenvalue weighted by atomic mass is 19.4. The molecule has 0 saturated carbocycles. The third-order valence-electron chi connectivity index (χ3n) is 2.70. The molecule has 0 radical (unpaired) electrons. The molecule has 0 unspecified atom stereocenters. The lowest BCUT2D eigenvalue weighted by atomic mass is 10.2. The summed E-state index contributed by atoms with van der Waals surface area (Å²) in [6, 6.07) is 4.61. The lowest BCUT2D eigenvalue weighted by molar-refractivity contribution is -0.137. The van der Waals surface area contributed by atoms with Gasteiger partial charge in [-0.05, 0) is 28.5 Å². The van der Waals surface area contributed by atoms with E-state index in [1.165, 1.54) is 12.1 Å². The highest BCUT2D eigenvalue weighted by Crippen LogP contribution is 2.32. The Balaban J connectivity index is 1.99. The maximum atomic E-state index is 12.7. The number of halogens is 3. The zero-order valence-electron chi connectivity index (χ0n) is 10.7. The van der Waals surface area contributed by atoms with E-state index in [0.717, 1.165) is 12.1 Å². The van der Waals surface area contributed by atoms with Crippen molar-refractivity contribution in [1.82, 2.24) is 20.3 Å². The summed E-state index contributed by atoms with van der Waals surface area (Å²) in [6.07, 6.45) is -4.45. The van der Waals surface area contributed by atoms with Crippen LogP contribution >= 0.6 is 0 Å². The topological polar surface area (TPSA) is 115 Å². The fraction of sp³-hybridized carbons (Fsp3) is 0.0909. The molecule has 114 valence electrons. The van der Waals surface area contributed by atoms with Gasteiger partial charge in [-0.1, -0.05) is 6.07 Å². The fourth-order valence-electron chi connectivity index (χ4n) is 1.74. The monoisotopic (exact) mass is 311 g/mol. The van der Waals surface area contributed by atoms with Crippen molar-refractivity contribution in [2.45, 2.75) is 6.18 Å². The Hall–Kier alpha value is -2.95. The van der Waals surface area contributed by atoms with Crippen molar-refractivity contribution in [3.05, 3.63) is 29.8 Å². The second kappa shape index (κ2) is 5.11. The number of fused-ring (bicyclic) bond motifs is 1. The van der Waals surface area contributed by atoms with Crippen molar-refractivity contribution in [2.24, 2.45) is 5.84 Å². The van der Waals surface area contributed by atoms with Gasteiger partial charge in [0.15, 0.2) is 11.6 Å². The van der Waals surface area contributed by atoms with Gasteiger partial charge in [-0.3, -0.25) is 0 Å². The number of nitrogens with one attached hydrogen (secondary N) is 2. The van der Waals surface area contributed by atoms with Crippen LogP contribution in [0, 0.1) is 0 Å². The van der Waals surface area contributed by atoms with Gasteiger partial charge in [0, 0.05) is 5.69 Å². The zero-order valence-corrected chi connectivity index (χ0v) is 10.7. The van der Waals surface area contributed by atoms with Gasteiger partial charge in [0.05, 0.1) is 5.56 Å². The van der Waals surface area contributed by atoms with Crippen LogP contribution in [0.5, 0.6) is 0 Å². The van der Waals surface area contributed by atoms with E-state index in [-0.39, 0.29) is 28.6 Å². The Labute approximate surface area is 120 Å². The highest BCUT2D eigenvalue weighted by molar-refractivity contribution is 5.76. The van der Waals surface area contributed by atoms with Crippen molar-refractivity contribution in [1.29, 1.82) is 0 Å². The molecular weight excluding hydrogens is 303 g/mol. The van der Waals surface area contributed by atoms with E-state index in [9.17, 15) is 13.2 Å². The van der Waals surface area contributed by atoms with E-state index < -0.39 is 11.7 Å². The molecule has 0 bridgehead atoms. The number of benzene rings is 1. The summed E-state index contributed by atoms with van der Waals surface area (Å²) in [5.74, 6) is 5.48. The number of hydrazine groups is 1. The van der Waals surface area contributed by atoms with Crippen LogP contribution in [-0.2, 0) is 6.18 Å². The second-order valence-corrected chi connectivity index (χ2v) is 4.18. The molecule has 22 heavy (non-hydrogen) atoms. The molecule has 0 saturated heterocycles. The molecule has 0 aliphatic rings. The summed E-state index contributed by atoms with van der Waals surface area (Å²) in [5, 5.41) is 9.69. The summed E-state index contributed by atoms with van der Waals surface area (Å²) in [6.45, 7) is 0. The van der Waals surface area contributed by atoms with Crippen molar-refractivity contribution in [3.8, 4) is 0 Å². The fourth-order valence-corrected chi connectivity index (χ4v) is 1.74. The van der Waals surface area contributed by atoms with Crippen molar-refractivity contribution >= 4 is 28.6 Å². The number of alkyl halides is 3. The summed E-state index contributed by atoms with van der Waals surface area (Å²) >= 11 is 0. The molecule has 3 aromatic rings. The van der Waals surface area contributed by atoms with Crippen LogP contribution in [0.4, 0.5) is 30.5 Å².